The van der Waals surface area contributed by atoms with E-state index in [0.717, 1.165) is 19.4 Å². The van der Waals surface area contributed by atoms with Crippen LogP contribution in [0.4, 0.5) is 0 Å². The Balaban J connectivity index is 0. The predicted octanol–water partition coefficient (Wildman–Crippen LogP) is 0.991. The number of aliphatic hydroxyl groups excluding tert-OH is 1. The molecule has 16 heavy (non-hydrogen) atoms. The molecule has 0 aromatic rings. The van der Waals surface area contributed by atoms with Crippen LogP contribution >= 0.6 is 0 Å². The molecule has 0 aliphatic carbocycles. The van der Waals surface area contributed by atoms with Crippen LogP contribution in [0, 0.1) is 0 Å². The molecule has 0 aliphatic heterocycles. The van der Waals surface area contributed by atoms with Gasteiger partial charge in [0.15, 0.2) is 0 Å². The van der Waals surface area contributed by atoms with Crippen molar-refractivity contribution in [1.82, 2.24) is 0 Å². The Bertz CT molecular complexity index is 132. The van der Waals surface area contributed by atoms with Crippen molar-refractivity contribution in [2.45, 2.75) is 26.7 Å². The highest BCUT2D eigenvalue weighted by molar-refractivity contribution is 5.65. The minimum atomic E-state index is -0.262. The number of hydrogen-bond donors (Lipinski definition) is 1. The van der Waals surface area contributed by atoms with Gasteiger partial charge in [-0.1, -0.05) is 13.3 Å². The van der Waals surface area contributed by atoms with Crippen LogP contribution in [0.3, 0.4) is 0 Å². The van der Waals surface area contributed by atoms with E-state index in [9.17, 15) is 4.79 Å². The molecule has 0 unspecified atom stereocenters. The van der Waals surface area contributed by atoms with Gasteiger partial charge >= 0.3 is 5.97 Å². The number of rotatable bonds is 8. The molecule has 0 amide bonds. The summed E-state index contributed by atoms with van der Waals surface area (Å²) in [6, 6.07) is 0. The van der Waals surface area contributed by atoms with Gasteiger partial charge in [-0.15, -0.1) is 0 Å². The molecule has 0 fully saturated rings. The fourth-order valence-corrected chi connectivity index (χ4v) is 0.682. The van der Waals surface area contributed by atoms with Gasteiger partial charge in [-0.05, 0) is 6.42 Å². The van der Waals surface area contributed by atoms with E-state index in [0.29, 0.717) is 19.8 Å². The van der Waals surface area contributed by atoms with E-state index in [-0.39, 0.29) is 12.6 Å². The van der Waals surface area contributed by atoms with Crippen LogP contribution in [0.5, 0.6) is 0 Å². The van der Waals surface area contributed by atoms with E-state index in [2.05, 4.69) is 16.4 Å². The number of carbonyl (C=O) groups excluding carboxylic acids is 1. The molecule has 5 nitrogen and oxygen atoms in total. The smallest absolute Gasteiger partial charge is 0.302 e. The first-order valence-electron chi connectivity index (χ1n) is 5.49. The number of esters is 1. The van der Waals surface area contributed by atoms with Crippen molar-refractivity contribution in [3.63, 3.8) is 0 Å². The van der Waals surface area contributed by atoms with Gasteiger partial charge in [-0.25, -0.2) is 0 Å². The van der Waals surface area contributed by atoms with E-state index in [4.69, 9.17) is 9.84 Å². The van der Waals surface area contributed by atoms with E-state index in [1.54, 1.807) is 7.11 Å². The maximum absolute atomic E-state index is 10.0. The van der Waals surface area contributed by atoms with Gasteiger partial charge in [0, 0.05) is 20.6 Å². The van der Waals surface area contributed by atoms with Crippen molar-refractivity contribution < 1.29 is 24.1 Å². The van der Waals surface area contributed by atoms with Crippen molar-refractivity contribution >= 4 is 5.97 Å². The molecule has 0 radical (unpaired) electrons. The molecule has 0 heterocycles. The van der Waals surface area contributed by atoms with E-state index < -0.39 is 0 Å². The molecule has 0 rings (SSSR count). The molecular formula is C11H24O5. The first-order valence-corrected chi connectivity index (χ1v) is 5.49. The van der Waals surface area contributed by atoms with Crippen LogP contribution < -0.4 is 0 Å². The first kappa shape index (κ1) is 17.7. The second-order valence-electron chi connectivity index (χ2n) is 3.02. The van der Waals surface area contributed by atoms with Crippen LogP contribution in [0.2, 0.25) is 0 Å². The van der Waals surface area contributed by atoms with Gasteiger partial charge in [-0.3, -0.25) is 4.79 Å². The van der Waals surface area contributed by atoms with Crippen LogP contribution in [-0.4, -0.2) is 51.2 Å². The Morgan fingerprint density at radius 3 is 2.31 bits per heavy atom. The molecule has 1 N–H and O–H groups in total. The third-order valence-corrected chi connectivity index (χ3v) is 1.47. The average Bonchev–Trinajstić information content (AvgIpc) is 2.25. The van der Waals surface area contributed by atoms with Crippen LogP contribution in [0.15, 0.2) is 0 Å². The Morgan fingerprint density at radius 2 is 1.88 bits per heavy atom. The highest BCUT2D eigenvalue weighted by atomic mass is 16.6. The van der Waals surface area contributed by atoms with Crippen LogP contribution in [0.1, 0.15) is 26.7 Å². The highest BCUT2D eigenvalue weighted by Gasteiger charge is 1.88. The molecule has 5 heteroatoms. The summed E-state index contributed by atoms with van der Waals surface area (Å²) in [4.78, 5) is 10.0. The van der Waals surface area contributed by atoms with Gasteiger partial charge in [0.25, 0.3) is 0 Å². The zero-order chi connectivity index (χ0) is 12.6. The molecule has 0 bridgehead atoms. The Morgan fingerprint density at radius 1 is 1.19 bits per heavy atom. The third-order valence-electron chi connectivity index (χ3n) is 1.47. The number of hydrogen-bond acceptors (Lipinski definition) is 5. The quantitative estimate of drug-likeness (QED) is 0.503. The van der Waals surface area contributed by atoms with E-state index >= 15 is 0 Å². The monoisotopic (exact) mass is 236 g/mol. The fraction of sp³-hybridized carbons (Fsp3) is 0.909. The average molecular weight is 236 g/mol. The van der Waals surface area contributed by atoms with Gasteiger partial charge in [0.05, 0.1) is 19.8 Å². The summed E-state index contributed by atoms with van der Waals surface area (Å²) in [7, 11) is 1.56. The minimum Gasteiger partial charge on any atom is -0.463 e. The van der Waals surface area contributed by atoms with E-state index in [1.807, 2.05) is 0 Å². The summed E-state index contributed by atoms with van der Waals surface area (Å²) < 4.78 is 14.1. The number of aliphatic hydroxyl groups is 1. The zero-order valence-electron chi connectivity index (χ0n) is 10.5. The fourth-order valence-electron chi connectivity index (χ4n) is 0.682. The number of ether oxygens (including phenoxy) is 3. The predicted molar refractivity (Wildman–Crippen MR) is 61.3 cm³/mol. The summed E-state index contributed by atoms with van der Waals surface area (Å²) in [6.45, 7) is 5.73. The molecule has 0 spiro atoms. The first-order chi connectivity index (χ1) is 7.68. The van der Waals surface area contributed by atoms with Gasteiger partial charge in [0.2, 0.25) is 0 Å². The van der Waals surface area contributed by atoms with Gasteiger partial charge in [-0.2, -0.15) is 0 Å². The molecule has 0 saturated carbocycles. The molecule has 98 valence electrons. The zero-order valence-corrected chi connectivity index (χ0v) is 10.5. The molecule has 0 aliphatic rings. The summed E-state index contributed by atoms with van der Waals surface area (Å²) in [6.07, 6.45) is 2.26. The SMILES string of the molecule is CCCCOCCO.COCCOC(C)=O. The van der Waals surface area contributed by atoms with Crippen LogP contribution in [0.25, 0.3) is 0 Å². The maximum atomic E-state index is 10.0. The second kappa shape index (κ2) is 16.8. The molecule has 0 atom stereocenters. The Hall–Kier alpha value is -0.650. The lowest BCUT2D eigenvalue weighted by molar-refractivity contribution is -0.142. The van der Waals surface area contributed by atoms with Gasteiger partial charge < -0.3 is 19.3 Å². The lowest BCUT2D eigenvalue weighted by atomic mass is 10.4. The minimum absolute atomic E-state index is 0.143. The highest BCUT2D eigenvalue weighted by Crippen LogP contribution is 1.85. The van der Waals surface area contributed by atoms with Crippen molar-refractivity contribution in [2.75, 3.05) is 40.1 Å². The largest absolute Gasteiger partial charge is 0.463 e. The Labute approximate surface area is 97.7 Å². The number of carbonyl (C=O) groups is 1. The molecule has 0 aromatic carbocycles. The second-order valence-corrected chi connectivity index (χ2v) is 3.02. The third kappa shape index (κ3) is 23.3. The van der Waals surface area contributed by atoms with Crippen molar-refractivity contribution in [2.24, 2.45) is 0 Å². The normalized spacial score (nSPS) is 9.25. The van der Waals surface area contributed by atoms with Crippen LogP contribution in [-0.2, 0) is 19.0 Å². The molecule has 0 aromatic heterocycles. The standard InChI is InChI=1S/C6H14O2.C5H10O3/c1-2-3-5-8-6-4-7;1-5(6)8-4-3-7-2/h7H,2-6H2,1H3;3-4H2,1-2H3. The lowest BCUT2D eigenvalue weighted by Gasteiger charge is -1.97. The number of methoxy groups -OCH3 is 1. The van der Waals surface area contributed by atoms with Crippen molar-refractivity contribution in [3.05, 3.63) is 0 Å². The summed E-state index contributed by atoms with van der Waals surface area (Å²) >= 11 is 0. The Kier molecular flexibility index (Phi) is 18.6. The molecule has 0 saturated heterocycles. The summed E-state index contributed by atoms with van der Waals surface area (Å²) in [5, 5.41) is 8.24. The van der Waals surface area contributed by atoms with Crippen molar-refractivity contribution in [1.29, 1.82) is 0 Å². The number of unbranched alkanes of at least 4 members (excludes halogenated alkanes) is 1. The molecular weight excluding hydrogens is 212 g/mol. The van der Waals surface area contributed by atoms with Crippen molar-refractivity contribution in [3.8, 4) is 0 Å². The summed E-state index contributed by atoms with van der Waals surface area (Å²) in [5.74, 6) is -0.262. The lowest BCUT2D eigenvalue weighted by Crippen LogP contribution is -2.05. The van der Waals surface area contributed by atoms with E-state index in [1.165, 1.54) is 6.92 Å². The van der Waals surface area contributed by atoms with Gasteiger partial charge in [0.1, 0.15) is 6.61 Å². The summed E-state index contributed by atoms with van der Waals surface area (Å²) in [5.41, 5.74) is 0. The topological polar surface area (TPSA) is 65.0 Å². The maximum Gasteiger partial charge on any atom is 0.302 e.